The van der Waals surface area contributed by atoms with E-state index in [1.165, 1.54) is 6.08 Å². The van der Waals surface area contributed by atoms with Gasteiger partial charge in [-0.3, -0.25) is 9.59 Å². The van der Waals surface area contributed by atoms with Crippen molar-refractivity contribution in [1.82, 2.24) is 0 Å². The minimum Gasteiger partial charge on any atom is -0.481 e. The van der Waals surface area contributed by atoms with Gasteiger partial charge in [0.1, 0.15) is 0 Å². The third kappa shape index (κ3) is 4.91. The van der Waals surface area contributed by atoms with Gasteiger partial charge < -0.3 is 14.9 Å². The Morgan fingerprint density at radius 2 is 1.93 bits per heavy atom. The van der Waals surface area contributed by atoms with Gasteiger partial charge in [-0.15, -0.1) is 6.58 Å². The van der Waals surface area contributed by atoms with Gasteiger partial charge in [-0.1, -0.05) is 6.08 Å². The fourth-order valence-corrected chi connectivity index (χ4v) is 0.663. The quantitative estimate of drug-likeness (QED) is 0.465. The van der Waals surface area contributed by atoms with Crippen molar-refractivity contribution >= 4 is 17.9 Å². The van der Waals surface area contributed by atoms with E-state index in [9.17, 15) is 14.4 Å². The first-order valence-electron chi connectivity index (χ1n) is 3.72. The number of rotatable bonds is 6. The van der Waals surface area contributed by atoms with Gasteiger partial charge in [0.25, 0.3) is 0 Å². The number of ether oxygens (including phenoxy) is 1. The molecule has 0 saturated heterocycles. The molecule has 0 saturated carbocycles. The lowest BCUT2D eigenvalue weighted by atomic mass is 10.2. The number of esters is 1. The number of carbonyl (C=O) groups excluding carboxylic acids is 1. The van der Waals surface area contributed by atoms with Crippen molar-refractivity contribution in [2.45, 2.75) is 18.9 Å². The monoisotopic (exact) mass is 202 g/mol. The lowest BCUT2D eigenvalue weighted by Crippen LogP contribution is -2.29. The predicted octanol–water partition coefficient (Wildman–Crippen LogP) is 0.0336. The maximum atomic E-state index is 10.8. The average Bonchev–Trinajstić information content (AvgIpc) is 2.02. The van der Waals surface area contributed by atoms with Crippen molar-refractivity contribution in [3.8, 4) is 0 Å². The van der Waals surface area contributed by atoms with Crippen LogP contribution in [0.15, 0.2) is 12.7 Å². The third-order valence-electron chi connectivity index (χ3n) is 1.22. The van der Waals surface area contributed by atoms with Crippen LogP contribution in [0.2, 0.25) is 0 Å². The molecule has 0 aliphatic carbocycles. The maximum absolute atomic E-state index is 10.8. The first-order valence-corrected chi connectivity index (χ1v) is 3.72. The summed E-state index contributed by atoms with van der Waals surface area (Å²) in [5.74, 6) is -3.64. The summed E-state index contributed by atoms with van der Waals surface area (Å²) in [7, 11) is 0. The molecule has 14 heavy (non-hydrogen) atoms. The molecule has 2 N–H and O–H groups in total. The summed E-state index contributed by atoms with van der Waals surface area (Å²) in [6.07, 6.45) is -1.30. The molecule has 0 aromatic carbocycles. The molecule has 6 nitrogen and oxygen atoms in total. The highest BCUT2D eigenvalue weighted by Gasteiger charge is 2.24. The summed E-state index contributed by atoms with van der Waals surface area (Å²) in [4.78, 5) is 31.4. The van der Waals surface area contributed by atoms with Crippen LogP contribution in [-0.2, 0) is 19.1 Å². The van der Waals surface area contributed by atoms with Crippen LogP contribution in [0.5, 0.6) is 0 Å². The molecule has 1 atom stereocenters. The Balaban J connectivity index is 4.22. The van der Waals surface area contributed by atoms with Crippen LogP contribution in [-0.4, -0.2) is 34.2 Å². The molecule has 0 rings (SSSR count). The van der Waals surface area contributed by atoms with E-state index >= 15 is 0 Å². The molecule has 0 fully saturated rings. The summed E-state index contributed by atoms with van der Waals surface area (Å²) in [6.45, 7) is 3.25. The Bertz CT molecular complexity index is 257. The molecule has 1 unspecified atom stereocenters. The van der Waals surface area contributed by atoms with Crippen molar-refractivity contribution in [3.63, 3.8) is 0 Å². The largest absolute Gasteiger partial charge is 0.481 e. The van der Waals surface area contributed by atoms with Gasteiger partial charge in [0, 0.05) is 0 Å². The van der Waals surface area contributed by atoms with E-state index in [0.29, 0.717) is 0 Å². The second-order valence-electron chi connectivity index (χ2n) is 2.41. The molecule has 0 aromatic rings. The van der Waals surface area contributed by atoms with E-state index < -0.39 is 30.4 Å². The van der Waals surface area contributed by atoms with E-state index in [-0.39, 0.29) is 6.42 Å². The molecule has 0 aliphatic rings. The van der Waals surface area contributed by atoms with E-state index in [1.54, 1.807) is 0 Å². The van der Waals surface area contributed by atoms with Gasteiger partial charge in [0.05, 0.1) is 12.8 Å². The van der Waals surface area contributed by atoms with Crippen LogP contribution in [0, 0.1) is 0 Å². The normalized spacial score (nSPS) is 11.4. The molecular weight excluding hydrogens is 192 g/mol. The van der Waals surface area contributed by atoms with Crippen LogP contribution in [0.4, 0.5) is 0 Å². The third-order valence-corrected chi connectivity index (χ3v) is 1.22. The minimum atomic E-state index is -1.64. The molecule has 78 valence electrons. The first-order chi connectivity index (χ1) is 6.47. The number of hydrogen-bond donors (Lipinski definition) is 2. The highest BCUT2D eigenvalue weighted by Crippen LogP contribution is 2.01. The van der Waals surface area contributed by atoms with Crippen LogP contribution < -0.4 is 0 Å². The topological polar surface area (TPSA) is 101 Å². The molecule has 6 heteroatoms. The van der Waals surface area contributed by atoms with Gasteiger partial charge >= 0.3 is 17.9 Å². The number of hydrogen-bond acceptors (Lipinski definition) is 4. The Morgan fingerprint density at radius 3 is 2.29 bits per heavy atom. The Morgan fingerprint density at radius 1 is 1.36 bits per heavy atom. The highest BCUT2D eigenvalue weighted by molar-refractivity contribution is 5.83. The Hall–Kier alpha value is -1.85. The Labute approximate surface area is 79.8 Å². The molecule has 0 spiro atoms. The average molecular weight is 202 g/mol. The summed E-state index contributed by atoms with van der Waals surface area (Å²) in [6, 6.07) is 0. The van der Waals surface area contributed by atoms with E-state index in [0.717, 1.165) is 0 Å². The zero-order valence-corrected chi connectivity index (χ0v) is 7.30. The van der Waals surface area contributed by atoms with Crippen molar-refractivity contribution in [3.05, 3.63) is 12.7 Å². The molecule has 0 aromatic heterocycles. The Kier molecular flexibility index (Phi) is 4.98. The smallest absolute Gasteiger partial charge is 0.345 e. The van der Waals surface area contributed by atoms with Crippen molar-refractivity contribution in [2.24, 2.45) is 0 Å². The number of carboxylic acid groups (broad SMARTS) is 2. The second kappa shape index (κ2) is 5.74. The number of aliphatic carboxylic acids is 2. The van der Waals surface area contributed by atoms with Crippen LogP contribution in [0.25, 0.3) is 0 Å². The maximum Gasteiger partial charge on any atom is 0.345 e. The van der Waals surface area contributed by atoms with Crippen molar-refractivity contribution < 1.29 is 29.3 Å². The summed E-state index contributed by atoms with van der Waals surface area (Å²) < 4.78 is 4.37. The zero-order valence-electron chi connectivity index (χ0n) is 7.30. The van der Waals surface area contributed by atoms with Gasteiger partial charge in [-0.25, -0.2) is 4.79 Å². The summed E-state index contributed by atoms with van der Waals surface area (Å²) in [5.41, 5.74) is 0. The molecule has 0 heterocycles. The van der Waals surface area contributed by atoms with E-state index in [1.807, 2.05) is 0 Å². The summed E-state index contributed by atoms with van der Waals surface area (Å²) >= 11 is 0. The lowest BCUT2D eigenvalue weighted by molar-refractivity contribution is -0.166. The summed E-state index contributed by atoms with van der Waals surface area (Å²) in [5, 5.41) is 16.8. The predicted molar refractivity (Wildman–Crippen MR) is 44.6 cm³/mol. The van der Waals surface area contributed by atoms with Gasteiger partial charge in [-0.05, 0) is 0 Å². The van der Waals surface area contributed by atoms with E-state index in [4.69, 9.17) is 10.2 Å². The highest BCUT2D eigenvalue weighted by atomic mass is 16.6. The van der Waals surface area contributed by atoms with Crippen molar-refractivity contribution in [2.75, 3.05) is 0 Å². The number of carbonyl (C=O) groups is 3. The molecule has 0 amide bonds. The SMILES string of the molecule is C=CCC(=O)OC(CC(=O)O)C(=O)O. The molecular formula is C8H10O6. The van der Waals surface area contributed by atoms with Gasteiger partial charge in [-0.2, -0.15) is 0 Å². The standard InChI is InChI=1S/C8H10O6/c1-2-3-7(11)14-5(8(12)13)4-6(9)10/h2,5H,1,3-4H2,(H,9,10)(H,12,13). The molecule has 0 aliphatic heterocycles. The van der Waals surface area contributed by atoms with Gasteiger partial charge in [0.15, 0.2) is 0 Å². The van der Waals surface area contributed by atoms with Crippen molar-refractivity contribution in [1.29, 1.82) is 0 Å². The first kappa shape index (κ1) is 12.2. The molecule has 0 bridgehead atoms. The fourth-order valence-electron chi connectivity index (χ4n) is 0.663. The van der Waals surface area contributed by atoms with Crippen LogP contribution in [0.1, 0.15) is 12.8 Å². The van der Waals surface area contributed by atoms with Gasteiger partial charge in [0.2, 0.25) is 6.10 Å². The van der Waals surface area contributed by atoms with Crippen LogP contribution in [0.3, 0.4) is 0 Å². The minimum absolute atomic E-state index is 0.149. The second-order valence-corrected chi connectivity index (χ2v) is 2.41. The number of carboxylic acids is 2. The molecule has 0 radical (unpaired) electrons. The fraction of sp³-hybridized carbons (Fsp3) is 0.375. The van der Waals surface area contributed by atoms with E-state index in [2.05, 4.69) is 11.3 Å². The lowest BCUT2D eigenvalue weighted by Gasteiger charge is -2.10. The van der Waals surface area contributed by atoms with Crippen LogP contribution >= 0.6 is 0 Å². The zero-order chi connectivity index (χ0) is 11.1.